The number of para-hydroxylation sites is 2. The highest BCUT2D eigenvalue weighted by atomic mass is 19.4. The van der Waals surface area contributed by atoms with E-state index in [2.05, 4.69) is 184 Å². The fraction of sp³-hybridized carbons (Fsp3) is 0.0182. The molecule has 0 amide bonds. The molecule has 0 aliphatic heterocycles. The molecule has 0 unspecified atom stereocenters. The Labute approximate surface area is 351 Å². The van der Waals surface area contributed by atoms with E-state index in [-0.39, 0.29) is 5.75 Å². The van der Waals surface area contributed by atoms with E-state index >= 15 is 0 Å². The molecular formula is C55H37F3N2O. The van der Waals surface area contributed by atoms with Crippen LogP contribution in [-0.4, -0.2) is 10.9 Å². The Morgan fingerprint density at radius 2 is 0.705 bits per heavy atom. The molecule has 61 heavy (non-hydrogen) atoms. The highest BCUT2D eigenvalue weighted by Gasteiger charge is 2.31. The second-order valence-electron chi connectivity index (χ2n) is 14.9. The fourth-order valence-electron chi connectivity index (χ4n) is 8.22. The quantitative estimate of drug-likeness (QED) is 0.145. The number of rotatable bonds is 9. The summed E-state index contributed by atoms with van der Waals surface area (Å²) >= 11 is 0. The molecule has 3 nitrogen and oxygen atoms in total. The molecule has 0 radical (unpaired) electrons. The summed E-state index contributed by atoms with van der Waals surface area (Å²) in [5.41, 5.74) is 14.9. The van der Waals surface area contributed by atoms with Gasteiger partial charge in [-0.1, -0.05) is 152 Å². The molecule has 9 aromatic carbocycles. The topological polar surface area (TPSA) is 17.4 Å². The van der Waals surface area contributed by atoms with Crippen LogP contribution in [0.15, 0.2) is 224 Å². The lowest BCUT2D eigenvalue weighted by Gasteiger charge is -2.26. The van der Waals surface area contributed by atoms with Crippen molar-refractivity contribution in [2.45, 2.75) is 6.36 Å². The first-order valence-electron chi connectivity index (χ1n) is 20.1. The Bertz CT molecular complexity index is 3050. The van der Waals surface area contributed by atoms with Crippen LogP contribution in [0.3, 0.4) is 0 Å². The number of halogens is 3. The van der Waals surface area contributed by atoms with Gasteiger partial charge in [-0.15, -0.1) is 13.2 Å². The molecular weight excluding hydrogens is 762 g/mol. The number of hydrogen-bond acceptors (Lipinski definition) is 2. The van der Waals surface area contributed by atoms with E-state index in [1.54, 1.807) is 12.1 Å². The number of hydrogen-bond donors (Lipinski definition) is 0. The van der Waals surface area contributed by atoms with Gasteiger partial charge >= 0.3 is 6.36 Å². The second-order valence-corrected chi connectivity index (χ2v) is 14.9. The van der Waals surface area contributed by atoms with Crippen LogP contribution in [0.2, 0.25) is 0 Å². The maximum absolute atomic E-state index is 12.6. The Balaban J connectivity index is 0.957. The fourth-order valence-corrected chi connectivity index (χ4v) is 8.22. The van der Waals surface area contributed by atoms with E-state index in [9.17, 15) is 13.2 Å². The van der Waals surface area contributed by atoms with Gasteiger partial charge in [0, 0.05) is 33.5 Å². The van der Waals surface area contributed by atoms with Crippen LogP contribution >= 0.6 is 0 Å². The monoisotopic (exact) mass is 798 g/mol. The summed E-state index contributed by atoms with van der Waals surface area (Å²) in [6.45, 7) is 0. The van der Waals surface area contributed by atoms with Gasteiger partial charge < -0.3 is 14.2 Å². The molecule has 0 bridgehead atoms. The summed E-state index contributed by atoms with van der Waals surface area (Å²) in [5, 5.41) is 2.47. The van der Waals surface area contributed by atoms with Crippen molar-refractivity contribution in [2.75, 3.05) is 4.90 Å². The molecule has 1 heterocycles. The summed E-state index contributed by atoms with van der Waals surface area (Å²) < 4.78 is 44.3. The minimum Gasteiger partial charge on any atom is -0.406 e. The molecule has 0 spiro atoms. The molecule has 0 fully saturated rings. The molecule has 0 aliphatic carbocycles. The zero-order valence-corrected chi connectivity index (χ0v) is 32.8. The lowest BCUT2D eigenvalue weighted by molar-refractivity contribution is -0.274. The van der Waals surface area contributed by atoms with Gasteiger partial charge in [-0.3, -0.25) is 0 Å². The van der Waals surface area contributed by atoms with E-state index in [0.29, 0.717) is 0 Å². The van der Waals surface area contributed by atoms with Gasteiger partial charge in [-0.05, 0) is 117 Å². The highest BCUT2D eigenvalue weighted by Crippen LogP contribution is 2.39. The first kappa shape index (κ1) is 37.4. The summed E-state index contributed by atoms with van der Waals surface area (Å²) in [5.74, 6) is -0.244. The van der Waals surface area contributed by atoms with Gasteiger partial charge in [0.05, 0.1) is 11.0 Å². The van der Waals surface area contributed by atoms with Gasteiger partial charge in [0.1, 0.15) is 5.75 Å². The van der Waals surface area contributed by atoms with Crippen molar-refractivity contribution < 1.29 is 17.9 Å². The zero-order chi connectivity index (χ0) is 41.3. The predicted molar refractivity (Wildman–Crippen MR) is 244 cm³/mol. The van der Waals surface area contributed by atoms with E-state index in [0.717, 1.165) is 67.3 Å². The number of anilines is 3. The number of aromatic nitrogens is 1. The Morgan fingerprint density at radius 3 is 1.16 bits per heavy atom. The molecule has 294 valence electrons. The van der Waals surface area contributed by atoms with Crippen molar-refractivity contribution in [1.29, 1.82) is 0 Å². The third-order valence-corrected chi connectivity index (χ3v) is 11.1. The highest BCUT2D eigenvalue weighted by molar-refractivity contribution is 6.09. The van der Waals surface area contributed by atoms with Crippen LogP contribution in [0.1, 0.15) is 0 Å². The van der Waals surface area contributed by atoms with E-state index < -0.39 is 6.36 Å². The number of alkyl halides is 3. The smallest absolute Gasteiger partial charge is 0.406 e. The van der Waals surface area contributed by atoms with Gasteiger partial charge in [0.25, 0.3) is 0 Å². The van der Waals surface area contributed by atoms with Crippen LogP contribution in [-0.2, 0) is 0 Å². The van der Waals surface area contributed by atoms with Gasteiger partial charge in [0.2, 0.25) is 0 Å². The third-order valence-electron chi connectivity index (χ3n) is 11.1. The molecule has 0 saturated carbocycles. The first-order valence-corrected chi connectivity index (χ1v) is 20.1. The summed E-state index contributed by atoms with van der Waals surface area (Å²) in [7, 11) is 0. The van der Waals surface area contributed by atoms with E-state index in [1.807, 2.05) is 30.3 Å². The van der Waals surface area contributed by atoms with Crippen LogP contribution in [0.25, 0.3) is 72.0 Å². The van der Waals surface area contributed by atoms with E-state index in [1.165, 1.54) is 33.9 Å². The van der Waals surface area contributed by atoms with Crippen molar-refractivity contribution in [3.8, 4) is 55.9 Å². The van der Waals surface area contributed by atoms with Crippen LogP contribution < -0.4 is 9.64 Å². The average Bonchev–Trinajstić information content (AvgIpc) is 3.64. The maximum Gasteiger partial charge on any atom is 0.573 e. The largest absolute Gasteiger partial charge is 0.573 e. The molecule has 6 heteroatoms. The van der Waals surface area contributed by atoms with Crippen molar-refractivity contribution in [1.82, 2.24) is 4.57 Å². The van der Waals surface area contributed by atoms with Crippen LogP contribution in [0, 0.1) is 0 Å². The number of benzene rings is 9. The summed E-state index contributed by atoms with van der Waals surface area (Å²) in [4.78, 5) is 2.27. The molecule has 0 aliphatic rings. The lowest BCUT2D eigenvalue weighted by Crippen LogP contribution is -2.16. The van der Waals surface area contributed by atoms with Crippen LogP contribution in [0.4, 0.5) is 30.2 Å². The Morgan fingerprint density at radius 1 is 0.344 bits per heavy atom. The minimum atomic E-state index is -4.72. The molecule has 1 aromatic heterocycles. The zero-order valence-electron chi connectivity index (χ0n) is 32.8. The van der Waals surface area contributed by atoms with Gasteiger partial charge in [0.15, 0.2) is 0 Å². The number of nitrogens with zero attached hydrogens (tertiary/aromatic N) is 2. The van der Waals surface area contributed by atoms with E-state index in [4.69, 9.17) is 0 Å². The molecule has 10 rings (SSSR count). The normalized spacial score (nSPS) is 11.5. The SMILES string of the molecule is FC(F)(F)Oc1ccc(-c2ccc(-c3ccc(N(c4ccc(-c5ccccc5)cc4)c4ccc(-c5cccc(-n6c7ccccc7c7ccccc76)c5)cc4)cc3)cc2)cc1. The molecule has 0 saturated heterocycles. The third kappa shape index (κ3) is 7.63. The standard InChI is InChI=1S/C55H37F3N2O/c56-55(57,58)61-50-35-27-43(28-36-50)40-19-17-39(18-20-40)42-23-31-47(32-24-42)59(46-29-21-41(22-30-46)38-9-2-1-3-10-38)48-33-25-44(26-34-48)45-11-8-12-49(37-45)60-53-15-6-4-13-51(53)52-14-5-7-16-54(52)60/h1-37H. The molecule has 10 aromatic rings. The van der Waals surface area contributed by atoms with Crippen molar-refractivity contribution in [3.63, 3.8) is 0 Å². The summed E-state index contributed by atoms with van der Waals surface area (Å²) in [6, 6.07) is 76.1. The molecule has 0 N–H and O–H groups in total. The average molecular weight is 799 g/mol. The van der Waals surface area contributed by atoms with Crippen LogP contribution in [0.5, 0.6) is 5.75 Å². The predicted octanol–water partition coefficient (Wildman–Crippen LogP) is 15.8. The minimum absolute atomic E-state index is 0.244. The van der Waals surface area contributed by atoms with Crippen molar-refractivity contribution >= 4 is 38.9 Å². The molecule has 0 atom stereocenters. The Kier molecular flexibility index (Phi) is 9.66. The number of fused-ring (bicyclic) bond motifs is 3. The Hall–Kier alpha value is -7.83. The van der Waals surface area contributed by atoms with Crippen molar-refractivity contribution in [3.05, 3.63) is 224 Å². The lowest BCUT2D eigenvalue weighted by atomic mass is 9.99. The number of ether oxygens (including phenoxy) is 1. The first-order chi connectivity index (χ1) is 29.8. The van der Waals surface area contributed by atoms with Crippen molar-refractivity contribution in [2.24, 2.45) is 0 Å². The van der Waals surface area contributed by atoms with Gasteiger partial charge in [-0.2, -0.15) is 0 Å². The summed E-state index contributed by atoms with van der Waals surface area (Å²) in [6.07, 6.45) is -4.72. The maximum atomic E-state index is 12.6. The second kappa shape index (κ2) is 15.7. The van der Waals surface area contributed by atoms with Gasteiger partial charge in [-0.25, -0.2) is 0 Å².